The molecule has 1 aromatic carbocycles. The summed E-state index contributed by atoms with van der Waals surface area (Å²) in [5.41, 5.74) is 3.44. The molecule has 5 atom stereocenters. The summed E-state index contributed by atoms with van der Waals surface area (Å²) in [4.78, 5) is 45.3. The minimum atomic E-state index is -0.570. The minimum Gasteiger partial charge on any atom is -0.469 e. The van der Waals surface area contributed by atoms with E-state index in [9.17, 15) is 14.4 Å². The lowest BCUT2D eigenvalue weighted by atomic mass is 9.82. The fourth-order valence-electron chi connectivity index (χ4n) is 4.94. The first-order valence-corrected chi connectivity index (χ1v) is 10.1. The number of allylic oxidation sites excluding steroid dienone is 2. The lowest BCUT2D eigenvalue weighted by Crippen LogP contribution is -2.50. The fraction of sp³-hybridized carbons (Fsp3) is 0.500. The lowest BCUT2D eigenvalue weighted by Gasteiger charge is -2.31. The van der Waals surface area contributed by atoms with E-state index in [1.165, 1.54) is 7.11 Å². The van der Waals surface area contributed by atoms with Crippen molar-refractivity contribution in [1.82, 2.24) is 10.4 Å². The summed E-state index contributed by atoms with van der Waals surface area (Å²) in [6.07, 6.45) is 6.18. The van der Waals surface area contributed by atoms with Gasteiger partial charge in [-0.1, -0.05) is 42.5 Å². The van der Waals surface area contributed by atoms with Gasteiger partial charge in [-0.3, -0.25) is 19.2 Å². The maximum Gasteiger partial charge on any atom is 0.310 e. The minimum absolute atomic E-state index is 0.0373. The summed E-state index contributed by atoms with van der Waals surface area (Å²) in [6.45, 7) is 0.774. The second-order valence-corrected chi connectivity index (χ2v) is 7.95. The SMILES string of the molecule is COC(=O)[C@@H]1[C@H](C(=O)N2CCC[C@@H]2C(=O)NOCc2ccccc2)[C@@H]2C=C[C@H]1C2. The second-order valence-electron chi connectivity index (χ2n) is 7.95. The smallest absolute Gasteiger partial charge is 0.310 e. The van der Waals surface area contributed by atoms with Gasteiger partial charge < -0.3 is 9.64 Å². The van der Waals surface area contributed by atoms with Gasteiger partial charge in [0.05, 0.1) is 25.6 Å². The first-order chi connectivity index (χ1) is 14.1. The van der Waals surface area contributed by atoms with Crippen LogP contribution < -0.4 is 5.48 Å². The van der Waals surface area contributed by atoms with E-state index in [1.54, 1.807) is 4.90 Å². The topological polar surface area (TPSA) is 84.9 Å². The maximum absolute atomic E-state index is 13.3. The summed E-state index contributed by atoms with van der Waals surface area (Å²) in [7, 11) is 1.36. The molecule has 0 radical (unpaired) electrons. The highest BCUT2D eigenvalue weighted by Gasteiger charge is 2.54. The molecule has 0 spiro atoms. The first kappa shape index (κ1) is 19.6. The molecule has 2 fully saturated rings. The summed E-state index contributed by atoms with van der Waals surface area (Å²) in [6, 6.07) is 8.97. The van der Waals surface area contributed by atoms with Crippen molar-refractivity contribution >= 4 is 17.8 Å². The summed E-state index contributed by atoms with van der Waals surface area (Å²) in [5, 5.41) is 0. The third kappa shape index (κ3) is 3.79. The van der Waals surface area contributed by atoms with Crippen LogP contribution >= 0.6 is 0 Å². The number of methoxy groups -OCH3 is 1. The number of likely N-dealkylation sites (tertiary alicyclic amines) is 1. The zero-order chi connectivity index (χ0) is 20.4. The maximum atomic E-state index is 13.3. The molecule has 29 heavy (non-hydrogen) atoms. The quantitative estimate of drug-likeness (QED) is 0.449. The van der Waals surface area contributed by atoms with Crippen LogP contribution in [-0.4, -0.2) is 42.4 Å². The third-order valence-corrected chi connectivity index (χ3v) is 6.31. The Morgan fingerprint density at radius 2 is 1.83 bits per heavy atom. The Morgan fingerprint density at radius 3 is 2.55 bits per heavy atom. The third-order valence-electron chi connectivity index (χ3n) is 6.31. The molecule has 1 heterocycles. The number of benzene rings is 1. The molecule has 4 rings (SSSR count). The van der Waals surface area contributed by atoms with Gasteiger partial charge in [0.15, 0.2) is 0 Å². The number of hydrogen-bond acceptors (Lipinski definition) is 5. The van der Waals surface area contributed by atoms with E-state index in [1.807, 2.05) is 42.5 Å². The van der Waals surface area contributed by atoms with Gasteiger partial charge in [-0.15, -0.1) is 0 Å². The van der Waals surface area contributed by atoms with Crippen molar-refractivity contribution in [3.63, 3.8) is 0 Å². The zero-order valence-corrected chi connectivity index (χ0v) is 16.5. The van der Waals surface area contributed by atoms with E-state index in [2.05, 4.69) is 5.48 Å². The van der Waals surface area contributed by atoms with Crippen molar-refractivity contribution in [1.29, 1.82) is 0 Å². The number of carbonyl (C=O) groups excluding carboxylic acids is 3. The number of esters is 1. The number of amides is 2. The van der Waals surface area contributed by atoms with Crippen LogP contribution in [-0.2, 0) is 30.6 Å². The molecular formula is C22H26N2O5. The van der Waals surface area contributed by atoms with Crippen molar-refractivity contribution in [3.05, 3.63) is 48.0 Å². The monoisotopic (exact) mass is 398 g/mol. The van der Waals surface area contributed by atoms with Crippen LogP contribution in [0.5, 0.6) is 0 Å². The van der Waals surface area contributed by atoms with E-state index in [0.717, 1.165) is 18.4 Å². The molecule has 7 nitrogen and oxygen atoms in total. The van der Waals surface area contributed by atoms with Crippen LogP contribution in [0.1, 0.15) is 24.8 Å². The molecule has 154 valence electrons. The van der Waals surface area contributed by atoms with Crippen LogP contribution in [0.4, 0.5) is 0 Å². The van der Waals surface area contributed by atoms with Crippen LogP contribution in [0.2, 0.25) is 0 Å². The van der Waals surface area contributed by atoms with E-state index in [-0.39, 0.29) is 36.2 Å². The Morgan fingerprint density at radius 1 is 1.10 bits per heavy atom. The highest BCUT2D eigenvalue weighted by atomic mass is 16.6. The number of fused-ring (bicyclic) bond motifs is 2. The van der Waals surface area contributed by atoms with Crippen LogP contribution in [0, 0.1) is 23.7 Å². The Kier molecular flexibility index (Phi) is 5.67. The summed E-state index contributed by atoms with van der Waals surface area (Å²) < 4.78 is 4.96. The van der Waals surface area contributed by atoms with Crippen LogP contribution in [0.25, 0.3) is 0 Å². The molecule has 7 heteroatoms. The molecule has 1 saturated heterocycles. The molecule has 0 unspecified atom stereocenters. The average Bonchev–Trinajstić information content (AvgIpc) is 3.49. The van der Waals surface area contributed by atoms with Gasteiger partial charge in [0.1, 0.15) is 6.04 Å². The highest BCUT2D eigenvalue weighted by molar-refractivity contribution is 5.92. The molecule has 1 saturated carbocycles. The van der Waals surface area contributed by atoms with Crippen molar-refractivity contribution in [3.8, 4) is 0 Å². The van der Waals surface area contributed by atoms with Gasteiger partial charge in [0, 0.05) is 6.54 Å². The number of ether oxygens (including phenoxy) is 1. The van der Waals surface area contributed by atoms with Gasteiger partial charge in [0.2, 0.25) is 5.91 Å². The lowest BCUT2D eigenvalue weighted by molar-refractivity contribution is -0.155. The molecule has 1 aromatic rings. The average molecular weight is 398 g/mol. The molecule has 1 aliphatic heterocycles. The van der Waals surface area contributed by atoms with Gasteiger partial charge in [0.25, 0.3) is 5.91 Å². The normalized spacial score (nSPS) is 29.8. The van der Waals surface area contributed by atoms with E-state index >= 15 is 0 Å². The van der Waals surface area contributed by atoms with Crippen LogP contribution in [0.15, 0.2) is 42.5 Å². The number of hydrogen-bond donors (Lipinski definition) is 1. The summed E-state index contributed by atoms with van der Waals surface area (Å²) in [5.74, 6) is -1.61. The van der Waals surface area contributed by atoms with Gasteiger partial charge >= 0.3 is 5.97 Å². The fourth-order valence-corrected chi connectivity index (χ4v) is 4.94. The number of nitrogens with one attached hydrogen (secondary N) is 1. The molecular weight excluding hydrogens is 372 g/mol. The molecule has 2 bridgehead atoms. The van der Waals surface area contributed by atoms with E-state index in [4.69, 9.17) is 9.57 Å². The van der Waals surface area contributed by atoms with Crippen molar-refractivity contribution in [2.24, 2.45) is 23.7 Å². The molecule has 1 N–H and O–H groups in total. The first-order valence-electron chi connectivity index (χ1n) is 10.1. The predicted octanol–water partition coefficient (Wildman–Crippen LogP) is 1.84. The number of rotatable bonds is 6. The van der Waals surface area contributed by atoms with Crippen molar-refractivity contribution in [2.75, 3.05) is 13.7 Å². The molecule has 0 aromatic heterocycles. The highest BCUT2D eigenvalue weighted by Crippen LogP contribution is 2.49. The van der Waals surface area contributed by atoms with Crippen molar-refractivity contribution < 1.29 is 24.0 Å². The molecule has 3 aliphatic rings. The van der Waals surface area contributed by atoms with Gasteiger partial charge in [-0.2, -0.15) is 0 Å². The predicted molar refractivity (Wildman–Crippen MR) is 104 cm³/mol. The Bertz CT molecular complexity index is 809. The zero-order valence-electron chi connectivity index (χ0n) is 16.5. The number of carbonyl (C=O) groups is 3. The van der Waals surface area contributed by atoms with Crippen molar-refractivity contribution in [2.45, 2.75) is 31.9 Å². The Hall–Kier alpha value is -2.67. The second kappa shape index (κ2) is 8.37. The van der Waals surface area contributed by atoms with Gasteiger partial charge in [-0.25, -0.2) is 5.48 Å². The standard InChI is InChI=1S/C22H26N2O5/c1-28-22(27)19-16-10-9-15(12-16)18(19)21(26)24-11-5-8-17(24)20(25)23-29-13-14-6-3-2-4-7-14/h2-4,6-7,9-10,15-19H,5,8,11-13H2,1H3,(H,23,25)/t15-,16+,17-,18-,19+/m1/s1. The number of hydroxylamine groups is 1. The van der Waals surface area contributed by atoms with Gasteiger partial charge in [-0.05, 0) is 36.7 Å². The van der Waals surface area contributed by atoms with E-state index in [0.29, 0.717) is 13.0 Å². The number of nitrogens with zero attached hydrogens (tertiary/aromatic N) is 1. The Balaban J connectivity index is 1.39. The summed E-state index contributed by atoms with van der Waals surface area (Å²) >= 11 is 0. The Labute approximate surface area is 170 Å². The van der Waals surface area contributed by atoms with E-state index < -0.39 is 17.9 Å². The molecule has 2 aliphatic carbocycles. The molecule has 2 amide bonds. The largest absolute Gasteiger partial charge is 0.469 e. The van der Waals surface area contributed by atoms with Crippen LogP contribution in [0.3, 0.4) is 0 Å².